The van der Waals surface area contributed by atoms with E-state index in [1.165, 1.54) is 12.1 Å². The Morgan fingerprint density at radius 2 is 1.75 bits per heavy atom. The van der Waals surface area contributed by atoms with Gasteiger partial charge >= 0.3 is 6.03 Å². The lowest BCUT2D eigenvalue weighted by Crippen LogP contribution is -2.19. The first-order valence-corrected chi connectivity index (χ1v) is 8.82. The van der Waals surface area contributed by atoms with E-state index in [0.29, 0.717) is 29.6 Å². The Morgan fingerprint density at radius 1 is 1.07 bits per heavy atom. The number of benzene rings is 2. The predicted molar refractivity (Wildman–Crippen MR) is 105 cm³/mol. The Bertz CT molecular complexity index is 929. The summed E-state index contributed by atoms with van der Waals surface area (Å²) in [6.45, 7) is 6.32. The number of hydrogen-bond acceptors (Lipinski definition) is 4. The Balaban J connectivity index is 1.51. The minimum Gasteiger partial charge on any atom is -0.489 e. The molecule has 0 saturated carbocycles. The molecule has 0 aliphatic rings. The number of urea groups is 1. The maximum absolute atomic E-state index is 12.9. The molecule has 2 N–H and O–H groups in total. The zero-order valence-corrected chi connectivity index (χ0v) is 16.0. The maximum atomic E-state index is 12.9. The van der Waals surface area contributed by atoms with E-state index in [0.717, 1.165) is 5.56 Å². The zero-order valence-electron chi connectivity index (χ0n) is 16.0. The van der Waals surface area contributed by atoms with Gasteiger partial charge in [-0.05, 0) is 42.0 Å². The summed E-state index contributed by atoms with van der Waals surface area (Å²) in [5.74, 6) is 1.39. The molecule has 0 fully saturated rings. The fraction of sp³-hybridized carbons (Fsp3) is 0.238. The SMILES string of the molecule is CC(C)(C)c1cc(NC(=O)Nc2ccc(OCc3ccc(F)cc3)cc2)no1. The summed E-state index contributed by atoms with van der Waals surface area (Å²) in [4.78, 5) is 12.1. The van der Waals surface area contributed by atoms with Gasteiger partial charge in [0, 0.05) is 17.2 Å². The van der Waals surface area contributed by atoms with E-state index in [4.69, 9.17) is 9.26 Å². The van der Waals surface area contributed by atoms with Gasteiger partial charge in [-0.25, -0.2) is 9.18 Å². The van der Waals surface area contributed by atoms with Crippen LogP contribution in [0.5, 0.6) is 5.75 Å². The fourth-order valence-corrected chi connectivity index (χ4v) is 2.35. The molecular weight excluding hydrogens is 361 g/mol. The van der Waals surface area contributed by atoms with Crippen LogP contribution in [0.2, 0.25) is 0 Å². The number of amides is 2. The summed E-state index contributed by atoms with van der Waals surface area (Å²) in [5.41, 5.74) is 1.28. The Hall–Kier alpha value is -3.35. The Morgan fingerprint density at radius 3 is 2.36 bits per heavy atom. The van der Waals surface area contributed by atoms with Gasteiger partial charge in [0.05, 0.1) is 0 Å². The molecule has 3 aromatic rings. The number of halogens is 1. The van der Waals surface area contributed by atoms with Gasteiger partial charge in [0.1, 0.15) is 23.9 Å². The summed E-state index contributed by atoms with van der Waals surface area (Å²) < 4.78 is 23.8. The number of hydrogen-bond donors (Lipinski definition) is 2. The van der Waals surface area contributed by atoms with Crippen LogP contribution >= 0.6 is 0 Å². The Kier molecular flexibility index (Phi) is 5.63. The molecule has 0 saturated heterocycles. The molecule has 2 amide bonds. The van der Waals surface area contributed by atoms with Crippen molar-refractivity contribution in [2.24, 2.45) is 0 Å². The third kappa shape index (κ3) is 5.33. The number of nitrogens with zero attached hydrogens (tertiary/aromatic N) is 1. The smallest absolute Gasteiger partial charge is 0.324 e. The van der Waals surface area contributed by atoms with Crippen molar-refractivity contribution in [3.63, 3.8) is 0 Å². The largest absolute Gasteiger partial charge is 0.489 e. The minimum absolute atomic E-state index is 0.187. The number of rotatable bonds is 5. The summed E-state index contributed by atoms with van der Waals surface area (Å²) in [5, 5.41) is 9.20. The maximum Gasteiger partial charge on any atom is 0.324 e. The predicted octanol–water partition coefficient (Wildman–Crippen LogP) is 5.33. The molecule has 6 nitrogen and oxygen atoms in total. The van der Waals surface area contributed by atoms with Crippen molar-refractivity contribution in [1.29, 1.82) is 0 Å². The molecule has 3 rings (SSSR count). The topological polar surface area (TPSA) is 76.4 Å². The number of anilines is 2. The fourth-order valence-electron chi connectivity index (χ4n) is 2.35. The van der Waals surface area contributed by atoms with E-state index >= 15 is 0 Å². The van der Waals surface area contributed by atoms with Crippen molar-refractivity contribution >= 4 is 17.5 Å². The van der Waals surface area contributed by atoms with Crippen molar-refractivity contribution in [3.05, 3.63) is 71.7 Å². The second kappa shape index (κ2) is 8.12. The van der Waals surface area contributed by atoms with E-state index in [1.54, 1.807) is 42.5 Å². The highest BCUT2D eigenvalue weighted by Crippen LogP contribution is 2.24. The van der Waals surface area contributed by atoms with Crippen molar-refractivity contribution in [1.82, 2.24) is 5.16 Å². The molecule has 1 heterocycles. The second-order valence-corrected chi connectivity index (χ2v) is 7.35. The molecule has 1 aromatic heterocycles. The van der Waals surface area contributed by atoms with Gasteiger partial charge in [-0.2, -0.15) is 0 Å². The number of ether oxygens (including phenoxy) is 1. The van der Waals surface area contributed by atoms with Crippen LogP contribution in [0.4, 0.5) is 20.7 Å². The molecule has 2 aromatic carbocycles. The number of carbonyl (C=O) groups is 1. The molecule has 0 aliphatic heterocycles. The van der Waals surface area contributed by atoms with Gasteiger partial charge in [0.25, 0.3) is 0 Å². The van der Waals surface area contributed by atoms with E-state index in [9.17, 15) is 9.18 Å². The molecule has 0 bridgehead atoms. The molecule has 0 aliphatic carbocycles. The van der Waals surface area contributed by atoms with Crippen LogP contribution in [0.3, 0.4) is 0 Å². The minimum atomic E-state index is -0.422. The van der Waals surface area contributed by atoms with E-state index in [1.807, 2.05) is 20.8 Å². The lowest BCUT2D eigenvalue weighted by atomic mass is 9.93. The van der Waals surface area contributed by atoms with Gasteiger partial charge in [0.15, 0.2) is 5.82 Å². The average Bonchev–Trinajstić information content (AvgIpc) is 3.11. The first-order chi connectivity index (χ1) is 13.3. The highest BCUT2D eigenvalue weighted by atomic mass is 19.1. The lowest BCUT2D eigenvalue weighted by Gasteiger charge is -2.12. The van der Waals surface area contributed by atoms with E-state index in [-0.39, 0.29) is 11.2 Å². The molecule has 7 heteroatoms. The Labute approximate surface area is 162 Å². The number of carbonyl (C=O) groups excluding carboxylic acids is 1. The molecule has 146 valence electrons. The van der Waals surface area contributed by atoms with Crippen LogP contribution in [0.1, 0.15) is 32.1 Å². The van der Waals surface area contributed by atoms with Gasteiger partial charge < -0.3 is 14.6 Å². The first-order valence-electron chi connectivity index (χ1n) is 8.82. The van der Waals surface area contributed by atoms with Crippen molar-refractivity contribution in [2.45, 2.75) is 32.8 Å². The number of aromatic nitrogens is 1. The van der Waals surface area contributed by atoms with Crippen molar-refractivity contribution < 1.29 is 18.4 Å². The average molecular weight is 383 g/mol. The van der Waals surface area contributed by atoms with Crippen LogP contribution in [0, 0.1) is 5.82 Å². The van der Waals surface area contributed by atoms with E-state index < -0.39 is 6.03 Å². The normalized spacial score (nSPS) is 11.1. The van der Waals surface area contributed by atoms with Gasteiger partial charge in [-0.1, -0.05) is 38.1 Å². The summed E-state index contributed by atoms with van der Waals surface area (Å²) in [6.07, 6.45) is 0. The molecule has 0 spiro atoms. The molecule has 0 radical (unpaired) electrons. The van der Waals surface area contributed by atoms with Crippen molar-refractivity contribution in [3.8, 4) is 5.75 Å². The molecule has 0 unspecified atom stereocenters. The van der Waals surface area contributed by atoms with Crippen LogP contribution in [-0.2, 0) is 12.0 Å². The van der Waals surface area contributed by atoms with Gasteiger partial charge in [0.2, 0.25) is 0 Å². The highest BCUT2D eigenvalue weighted by molar-refractivity contribution is 5.99. The van der Waals surface area contributed by atoms with Crippen LogP contribution in [-0.4, -0.2) is 11.2 Å². The number of nitrogens with one attached hydrogen (secondary N) is 2. The van der Waals surface area contributed by atoms with E-state index in [2.05, 4.69) is 15.8 Å². The molecule has 0 atom stereocenters. The third-order valence-corrected chi connectivity index (χ3v) is 3.92. The lowest BCUT2D eigenvalue weighted by molar-refractivity contribution is 0.262. The molecular formula is C21H22FN3O3. The monoisotopic (exact) mass is 383 g/mol. The summed E-state index contributed by atoms with van der Waals surface area (Å²) in [6, 6.07) is 14.3. The van der Waals surface area contributed by atoms with Crippen molar-refractivity contribution in [2.75, 3.05) is 10.6 Å². The first kappa shape index (κ1) is 19.4. The van der Waals surface area contributed by atoms with Crippen LogP contribution in [0.25, 0.3) is 0 Å². The summed E-state index contributed by atoms with van der Waals surface area (Å²) >= 11 is 0. The second-order valence-electron chi connectivity index (χ2n) is 7.35. The standard InChI is InChI=1S/C21H22FN3O3/c1-21(2,3)18-12-19(25-28-18)24-20(26)23-16-8-10-17(11-9-16)27-13-14-4-6-15(22)7-5-14/h4-12H,13H2,1-3H3,(H2,23,24,25,26). The van der Waals surface area contributed by atoms with Gasteiger partial charge in [-0.15, -0.1) is 0 Å². The van der Waals surface area contributed by atoms with Gasteiger partial charge in [-0.3, -0.25) is 5.32 Å². The quantitative estimate of drug-likeness (QED) is 0.624. The zero-order chi connectivity index (χ0) is 20.1. The third-order valence-electron chi connectivity index (χ3n) is 3.92. The van der Waals surface area contributed by atoms with Crippen LogP contribution in [0.15, 0.2) is 59.1 Å². The summed E-state index contributed by atoms with van der Waals surface area (Å²) in [7, 11) is 0. The molecule has 28 heavy (non-hydrogen) atoms. The highest BCUT2D eigenvalue weighted by Gasteiger charge is 2.20. The van der Waals surface area contributed by atoms with Crippen LogP contribution < -0.4 is 15.4 Å².